The predicted octanol–water partition coefficient (Wildman–Crippen LogP) is 2.61. The number of esters is 1. The third kappa shape index (κ3) is 8.93. The van der Waals surface area contributed by atoms with Gasteiger partial charge in [-0.05, 0) is 26.0 Å². The minimum Gasteiger partial charge on any atom is -0.462 e. The molecular weight excluding hydrogens is 522 g/mol. The van der Waals surface area contributed by atoms with Crippen LogP contribution in [-0.4, -0.2) is 79.0 Å². The van der Waals surface area contributed by atoms with E-state index in [4.69, 9.17) is 18.5 Å². The first-order valence-corrected chi connectivity index (χ1v) is 12.2. The lowest BCUT2D eigenvalue weighted by Gasteiger charge is -2.31. The lowest BCUT2D eigenvalue weighted by atomic mass is 10.0. The van der Waals surface area contributed by atoms with E-state index in [2.05, 4.69) is 10.4 Å². The summed E-state index contributed by atoms with van der Waals surface area (Å²) >= 11 is 0. The average molecular weight is 551 g/mol. The second-order valence-corrected chi connectivity index (χ2v) is 9.32. The van der Waals surface area contributed by atoms with Crippen molar-refractivity contribution in [3.05, 3.63) is 42.4 Å². The quantitative estimate of drug-likeness (QED) is 0.146. The number of carbonyl (C=O) groups is 3. The maximum Gasteiger partial charge on any atom is 0.323 e. The molecular formula is C22H29F3N3O8P. The second-order valence-electron chi connectivity index (χ2n) is 8.05. The topological polar surface area (TPSA) is 136 Å². The Morgan fingerprint density at radius 3 is 2.57 bits per heavy atom. The minimum atomic E-state index is -3.22. The number of alkyl halides is 2. The van der Waals surface area contributed by atoms with Gasteiger partial charge in [0, 0.05) is 13.5 Å². The number of nitrogens with zero attached hydrogens (tertiary/aromatic N) is 1. The second kappa shape index (κ2) is 14.2. The molecule has 15 heteroatoms. The Morgan fingerprint density at radius 2 is 2.00 bits per heavy atom. The van der Waals surface area contributed by atoms with Crippen LogP contribution in [0.4, 0.5) is 18.0 Å². The highest BCUT2D eigenvalue weighted by Crippen LogP contribution is 2.42. The van der Waals surface area contributed by atoms with Crippen molar-refractivity contribution >= 4 is 26.8 Å². The molecule has 0 aromatic heterocycles. The smallest absolute Gasteiger partial charge is 0.323 e. The van der Waals surface area contributed by atoms with Crippen LogP contribution in [0.25, 0.3) is 0 Å². The fourth-order valence-electron chi connectivity index (χ4n) is 3.18. The van der Waals surface area contributed by atoms with E-state index in [1.165, 1.54) is 7.05 Å². The Bertz CT molecular complexity index is 943. The van der Waals surface area contributed by atoms with Gasteiger partial charge in [0.05, 0.1) is 18.9 Å². The lowest BCUT2D eigenvalue weighted by Crippen LogP contribution is -2.48. The van der Waals surface area contributed by atoms with Gasteiger partial charge in [0.1, 0.15) is 18.4 Å². The van der Waals surface area contributed by atoms with Gasteiger partial charge >= 0.3 is 20.5 Å². The van der Waals surface area contributed by atoms with E-state index in [0.29, 0.717) is 16.8 Å². The Balaban J connectivity index is 2.22. The van der Waals surface area contributed by atoms with Crippen LogP contribution in [0.3, 0.4) is 0 Å². The number of benzene rings is 1. The van der Waals surface area contributed by atoms with Gasteiger partial charge in [-0.2, -0.15) is 0 Å². The number of hydrogen-bond acceptors (Lipinski definition) is 9. The maximum absolute atomic E-state index is 14.2. The lowest BCUT2D eigenvalue weighted by molar-refractivity contribution is -0.171. The number of allylic oxidation sites excluding steroid dienone is 1. The van der Waals surface area contributed by atoms with Crippen LogP contribution in [-0.2, 0) is 23.6 Å². The zero-order valence-corrected chi connectivity index (χ0v) is 21.2. The number of aliphatic hydroxyl groups is 1. The van der Waals surface area contributed by atoms with Crippen LogP contribution in [0.15, 0.2) is 42.4 Å². The van der Waals surface area contributed by atoms with E-state index in [1.54, 1.807) is 44.2 Å². The number of carbonyl (C=O) groups excluding carboxylic acids is 3. The molecule has 37 heavy (non-hydrogen) atoms. The number of aldehydes is 1. The summed E-state index contributed by atoms with van der Waals surface area (Å²) in [5.41, 5.74) is -2.44. The zero-order chi connectivity index (χ0) is 27.6. The normalized spacial score (nSPS) is 22.6. The first-order valence-electron chi connectivity index (χ1n) is 11.1. The largest absolute Gasteiger partial charge is 0.462 e. The van der Waals surface area contributed by atoms with Crippen molar-refractivity contribution < 1.29 is 51.2 Å². The van der Waals surface area contributed by atoms with Crippen LogP contribution in [0.1, 0.15) is 20.3 Å². The molecule has 1 aliphatic heterocycles. The standard InChI is InChI=1S/C22H29F3N3O8P/c1-14(2)34-18(31)10-27-37(36-16-7-5-4-6-8-16)33-13-22(20(24)25)9-17(30)19(35-22)28(21(32)26-3)11-15(23)12-29/h4-8,11-12,14,17,19-20,27,30H,9-10,13H2,1-3H3,(H,26,32)/b15-11+. The third-order valence-corrected chi connectivity index (χ3v) is 5.97. The van der Waals surface area contributed by atoms with Crippen molar-refractivity contribution in [3.63, 3.8) is 0 Å². The molecule has 11 nitrogen and oxygen atoms in total. The molecule has 1 aromatic carbocycles. The summed E-state index contributed by atoms with van der Waals surface area (Å²) in [6.45, 7) is 2.11. The van der Waals surface area contributed by atoms with E-state index in [1.807, 2.05) is 0 Å². The number of hydrogen-bond donors (Lipinski definition) is 3. The van der Waals surface area contributed by atoms with E-state index in [9.17, 15) is 32.7 Å². The summed E-state index contributed by atoms with van der Waals surface area (Å²) in [5.74, 6) is -1.72. The fraction of sp³-hybridized carbons (Fsp3) is 0.500. The average Bonchev–Trinajstić information content (AvgIpc) is 3.21. The number of ether oxygens (including phenoxy) is 2. The van der Waals surface area contributed by atoms with Gasteiger partial charge in [0.15, 0.2) is 23.9 Å². The third-order valence-electron chi connectivity index (χ3n) is 4.81. The number of amides is 2. The Morgan fingerprint density at radius 1 is 1.32 bits per heavy atom. The van der Waals surface area contributed by atoms with Gasteiger partial charge in [0.25, 0.3) is 6.43 Å². The van der Waals surface area contributed by atoms with Crippen LogP contribution in [0, 0.1) is 0 Å². The van der Waals surface area contributed by atoms with Gasteiger partial charge in [0.2, 0.25) is 0 Å². The molecule has 2 rings (SSSR count). The molecule has 1 fully saturated rings. The molecule has 1 aromatic rings. The van der Waals surface area contributed by atoms with Gasteiger partial charge in [-0.15, -0.1) is 0 Å². The highest BCUT2D eigenvalue weighted by molar-refractivity contribution is 7.45. The number of urea groups is 1. The number of halogens is 3. The van der Waals surface area contributed by atoms with Crippen molar-refractivity contribution in [2.24, 2.45) is 0 Å². The van der Waals surface area contributed by atoms with Crippen LogP contribution in [0.2, 0.25) is 0 Å². The molecule has 4 unspecified atom stereocenters. The summed E-state index contributed by atoms with van der Waals surface area (Å²) in [4.78, 5) is 35.3. The van der Waals surface area contributed by atoms with E-state index >= 15 is 0 Å². The van der Waals surface area contributed by atoms with Gasteiger partial charge in [-0.3, -0.25) is 14.5 Å². The highest BCUT2D eigenvalue weighted by atomic mass is 31.2. The first kappa shape index (κ1) is 30.5. The highest BCUT2D eigenvalue weighted by Gasteiger charge is 2.55. The van der Waals surface area contributed by atoms with Crippen LogP contribution >= 0.6 is 8.53 Å². The molecule has 0 aliphatic carbocycles. The first-order chi connectivity index (χ1) is 17.5. The summed E-state index contributed by atoms with van der Waals surface area (Å²) in [7, 11) is -1.02. The zero-order valence-electron chi connectivity index (χ0n) is 20.3. The number of rotatable bonds is 13. The number of aliphatic hydroxyl groups excluding tert-OH is 1. The number of para-hydroxylation sites is 1. The molecule has 0 bridgehead atoms. The Hall–Kier alpha value is -2.77. The summed E-state index contributed by atoms with van der Waals surface area (Å²) < 4.78 is 63.7. The molecule has 0 spiro atoms. The van der Waals surface area contributed by atoms with Gasteiger partial charge < -0.3 is 28.9 Å². The van der Waals surface area contributed by atoms with Gasteiger partial charge in [-0.1, -0.05) is 18.2 Å². The van der Waals surface area contributed by atoms with E-state index < -0.39 is 63.7 Å². The molecule has 2 amide bonds. The molecule has 1 saturated heterocycles. The molecule has 206 valence electrons. The van der Waals surface area contributed by atoms with Crippen LogP contribution in [0.5, 0.6) is 5.75 Å². The SMILES string of the molecule is CNC(=O)N(/C=C(/F)C=O)C1OC(COP(NCC(=O)OC(C)C)Oc2ccccc2)(C(F)F)CC1O. The van der Waals surface area contributed by atoms with Crippen LogP contribution < -0.4 is 14.9 Å². The number of nitrogens with one attached hydrogen (secondary N) is 2. The van der Waals surface area contributed by atoms with Crippen molar-refractivity contribution in [1.82, 2.24) is 15.3 Å². The predicted molar refractivity (Wildman–Crippen MR) is 125 cm³/mol. The summed E-state index contributed by atoms with van der Waals surface area (Å²) in [6, 6.07) is 7.19. The molecule has 0 saturated carbocycles. The molecule has 4 atom stereocenters. The molecule has 0 radical (unpaired) electrons. The Labute approximate surface area is 212 Å². The maximum atomic E-state index is 14.2. The van der Waals surface area contributed by atoms with Crippen molar-refractivity contribution in [1.29, 1.82) is 0 Å². The van der Waals surface area contributed by atoms with E-state index in [0.717, 1.165) is 0 Å². The monoisotopic (exact) mass is 551 g/mol. The molecule has 1 aliphatic rings. The Kier molecular flexibility index (Phi) is 11.7. The fourth-order valence-corrected chi connectivity index (χ4v) is 4.30. The minimum absolute atomic E-state index is 0.204. The van der Waals surface area contributed by atoms with Gasteiger partial charge in [-0.25, -0.2) is 23.1 Å². The van der Waals surface area contributed by atoms with E-state index in [-0.39, 0.29) is 18.9 Å². The summed E-state index contributed by atoms with van der Waals surface area (Å²) in [6.07, 6.45) is -7.55. The van der Waals surface area contributed by atoms with Crippen molar-refractivity contribution in [2.45, 2.75) is 50.7 Å². The van der Waals surface area contributed by atoms with Crippen molar-refractivity contribution in [2.75, 3.05) is 20.2 Å². The summed E-state index contributed by atoms with van der Waals surface area (Å²) in [5, 5.41) is 15.3. The molecule has 3 N–H and O–H groups in total. The van der Waals surface area contributed by atoms with Crippen molar-refractivity contribution in [3.8, 4) is 5.75 Å². The molecule has 1 heterocycles.